The SMILES string of the molecule is CC(=O)OC12CCC(Nc3cc(-c4ccc5cc(C#N)cnn45)ncc3C(=O)NCC(F)C(C)(C)O)(CC1)CC2. The van der Waals surface area contributed by atoms with Gasteiger partial charge in [0.05, 0.1) is 52.1 Å². The Morgan fingerprint density at radius 1 is 1.20 bits per heavy atom. The minimum absolute atomic E-state index is 0.254. The number of halogens is 1. The number of nitrogens with zero attached hydrogens (tertiary/aromatic N) is 4. The normalized spacial score (nSPS) is 22.9. The van der Waals surface area contributed by atoms with E-state index in [9.17, 15) is 24.3 Å². The van der Waals surface area contributed by atoms with Crippen LogP contribution < -0.4 is 10.6 Å². The number of hydrogen-bond acceptors (Lipinski definition) is 8. The Morgan fingerprint density at radius 3 is 2.52 bits per heavy atom. The number of carbonyl (C=O) groups is 2. The fraction of sp³-hybridized carbons (Fsp3) is 0.483. The van der Waals surface area contributed by atoms with Crippen LogP contribution in [0.2, 0.25) is 0 Å². The Morgan fingerprint density at radius 2 is 1.90 bits per heavy atom. The number of fused-ring (bicyclic) bond motifs is 4. The molecule has 1 atom stereocenters. The van der Waals surface area contributed by atoms with E-state index < -0.39 is 23.3 Å². The smallest absolute Gasteiger partial charge is 0.303 e. The molecule has 3 aliphatic carbocycles. The van der Waals surface area contributed by atoms with Gasteiger partial charge in [-0.1, -0.05) is 0 Å². The first-order valence-electron chi connectivity index (χ1n) is 13.4. The number of amides is 1. The monoisotopic (exact) mass is 548 g/mol. The van der Waals surface area contributed by atoms with Crippen LogP contribution in [0.5, 0.6) is 0 Å². The largest absolute Gasteiger partial charge is 0.459 e. The quantitative estimate of drug-likeness (QED) is 0.360. The molecule has 1 unspecified atom stereocenters. The minimum Gasteiger partial charge on any atom is -0.459 e. The van der Waals surface area contributed by atoms with Gasteiger partial charge in [0.1, 0.15) is 17.8 Å². The molecule has 3 aromatic rings. The molecule has 0 aromatic carbocycles. The molecule has 10 nitrogen and oxygen atoms in total. The molecule has 3 aliphatic rings. The van der Waals surface area contributed by atoms with E-state index in [0.717, 1.165) is 44.0 Å². The molecule has 3 aromatic heterocycles. The summed E-state index contributed by atoms with van der Waals surface area (Å²) in [6, 6.07) is 9.29. The highest BCUT2D eigenvalue weighted by Gasteiger charge is 2.51. The molecular formula is C29H33FN6O4. The summed E-state index contributed by atoms with van der Waals surface area (Å²) >= 11 is 0. The van der Waals surface area contributed by atoms with Gasteiger partial charge in [0, 0.05) is 18.7 Å². The van der Waals surface area contributed by atoms with Crippen LogP contribution in [0.15, 0.2) is 36.7 Å². The lowest BCUT2D eigenvalue weighted by atomic mass is 9.63. The van der Waals surface area contributed by atoms with E-state index in [-0.39, 0.29) is 23.6 Å². The number of aromatic nitrogens is 3. The summed E-state index contributed by atoms with van der Waals surface area (Å²) in [6.45, 7) is 3.79. The first kappa shape index (κ1) is 27.5. The molecule has 3 heterocycles. The molecule has 6 rings (SSSR count). The van der Waals surface area contributed by atoms with Crippen LogP contribution in [0.25, 0.3) is 16.9 Å². The van der Waals surface area contributed by atoms with Crippen molar-refractivity contribution in [2.45, 2.75) is 82.2 Å². The van der Waals surface area contributed by atoms with Crippen LogP contribution in [-0.4, -0.2) is 61.0 Å². The zero-order valence-electron chi connectivity index (χ0n) is 22.8. The third-order valence-corrected chi connectivity index (χ3v) is 8.19. The summed E-state index contributed by atoms with van der Waals surface area (Å²) < 4.78 is 21.8. The van der Waals surface area contributed by atoms with Gasteiger partial charge in [-0.2, -0.15) is 10.4 Å². The molecule has 0 radical (unpaired) electrons. The minimum atomic E-state index is -1.65. The van der Waals surface area contributed by atoms with Gasteiger partial charge in [-0.05, 0) is 76.6 Å². The van der Waals surface area contributed by atoms with Crippen molar-refractivity contribution >= 4 is 23.1 Å². The van der Waals surface area contributed by atoms with Gasteiger partial charge >= 0.3 is 5.97 Å². The third kappa shape index (κ3) is 5.36. The molecule has 210 valence electrons. The number of nitrogens with one attached hydrogen (secondary N) is 2. The van der Waals surface area contributed by atoms with Crippen molar-refractivity contribution in [3.63, 3.8) is 0 Å². The molecule has 0 saturated heterocycles. The Bertz CT molecular complexity index is 1480. The molecule has 0 aliphatic heterocycles. The van der Waals surface area contributed by atoms with Crippen LogP contribution >= 0.6 is 0 Å². The van der Waals surface area contributed by atoms with E-state index in [0.29, 0.717) is 22.6 Å². The molecule has 1 amide bonds. The Labute approximate surface area is 231 Å². The van der Waals surface area contributed by atoms with Gasteiger partial charge < -0.3 is 20.5 Å². The number of anilines is 1. The van der Waals surface area contributed by atoms with Crippen molar-refractivity contribution in [2.24, 2.45) is 0 Å². The maximum Gasteiger partial charge on any atom is 0.303 e. The highest BCUT2D eigenvalue weighted by atomic mass is 19.1. The predicted octanol–water partition coefficient (Wildman–Crippen LogP) is 3.93. The molecular weight excluding hydrogens is 515 g/mol. The molecule has 2 bridgehead atoms. The van der Waals surface area contributed by atoms with Crippen molar-refractivity contribution in [2.75, 3.05) is 11.9 Å². The third-order valence-electron chi connectivity index (χ3n) is 8.19. The summed E-state index contributed by atoms with van der Waals surface area (Å²) in [5.41, 5.74) is 0.894. The molecule has 40 heavy (non-hydrogen) atoms. The number of esters is 1. The van der Waals surface area contributed by atoms with Crippen molar-refractivity contribution in [1.82, 2.24) is 19.9 Å². The summed E-state index contributed by atoms with van der Waals surface area (Å²) in [5.74, 6) is -0.783. The lowest BCUT2D eigenvalue weighted by molar-refractivity contribution is -0.168. The van der Waals surface area contributed by atoms with Gasteiger partial charge in [0.15, 0.2) is 0 Å². The van der Waals surface area contributed by atoms with Crippen molar-refractivity contribution in [3.8, 4) is 17.5 Å². The van der Waals surface area contributed by atoms with Gasteiger partial charge in [-0.3, -0.25) is 14.6 Å². The zero-order valence-corrected chi connectivity index (χ0v) is 22.8. The first-order valence-corrected chi connectivity index (χ1v) is 13.4. The predicted molar refractivity (Wildman–Crippen MR) is 145 cm³/mol. The van der Waals surface area contributed by atoms with Crippen LogP contribution in [0.4, 0.5) is 10.1 Å². The number of pyridine rings is 1. The lowest BCUT2D eigenvalue weighted by Gasteiger charge is -2.53. The maximum absolute atomic E-state index is 14.4. The summed E-state index contributed by atoms with van der Waals surface area (Å²) in [4.78, 5) is 29.5. The molecule has 3 saturated carbocycles. The number of rotatable bonds is 8. The number of hydrogen-bond donors (Lipinski definition) is 3. The number of ether oxygens (including phenoxy) is 1. The van der Waals surface area contributed by atoms with E-state index in [4.69, 9.17) is 4.74 Å². The van der Waals surface area contributed by atoms with Gasteiger partial charge in [0.2, 0.25) is 0 Å². The van der Waals surface area contributed by atoms with Gasteiger partial charge in [-0.25, -0.2) is 8.91 Å². The molecule has 0 spiro atoms. The van der Waals surface area contributed by atoms with Gasteiger partial charge in [-0.15, -0.1) is 0 Å². The van der Waals surface area contributed by atoms with Crippen molar-refractivity contribution < 1.29 is 23.8 Å². The van der Waals surface area contributed by atoms with E-state index in [1.165, 1.54) is 33.2 Å². The molecule has 11 heteroatoms. The Hall–Kier alpha value is -4.04. The second-order valence-corrected chi connectivity index (χ2v) is 11.5. The van der Waals surface area contributed by atoms with E-state index in [1.807, 2.05) is 12.1 Å². The van der Waals surface area contributed by atoms with Crippen LogP contribution in [0, 0.1) is 11.3 Å². The number of nitriles is 1. The zero-order chi connectivity index (χ0) is 28.7. The van der Waals surface area contributed by atoms with E-state index in [1.54, 1.807) is 16.6 Å². The first-order chi connectivity index (χ1) is 18.9. The standard InChI is InChI=1S/C29H33FN6O4/c1-18(37)40-29-9-6-28(7-10-29,8-11-29)35-22-13-23(24-5-4-20-12-19(14-31)15-34-36(20)24)32-16-21(22)26(38)33-17-25(30)27(2,3)39/h4-5,12-13,15-16,25,39H,6-11,17H2,1-3H3,(H,32,35)(H,33,38). The second kappa shape index (κ2) is 10.2. The average Bonchev–Trinajstić information content (AvgIpc) is 3.35. The van der Waals surface area contributed by atoms with Crippen LogP contribution in [0.3, 0.4) is 0 Å². The van der Waals surface area contributed by atoms with Gasteiger partial charge in [0.25, 0.3) is 5.91 Å². The second-order valence-electron chi connectivity index (χ2n) is 11.5. The van der Waals surface area contributed by atoms with E-state index >= 15 is 0 Å². The number of carbonyl (C=O) groups excluding carboxylic acids is 2. The molecule has 3 fully saturated rings. The fourth-order valence-electron chi connectivity index (χ4n) is 5.74. The summed E-state index contributed by atoms with van der Waals surface area (Å²) in [5, 5.41) is 29.7. The average molecular weight is 549 g/mol. The highest BCUT2D eigenvalue weighted by molar-refractivity contribution is 6.00. The lowest BCUT2D eigenvalue weighted by Crippen LogP contribution is -2.55. The Kier molecular flexibility index (Phi) is 7.00. The van der Waals surface area contributed by atoms with Crippen molar-refractivity contribution in [3.05, 3.63) is 47.8 Å². The topological polar surface area (TPSA) is 142 Å². The number of aliphatic hydroxyl groups is 1. The van der Waals surface area contributed by atoms with Crippen LogP contribution in [0.1, 0.15) is 75.2 Å². The Balaban J connectivity index is 1.47. The molecule has 3 N–H and O–H groups in total. The fourth-order valence-corrected chi connectivity index (χ4v) is 5.74. The summed E-state index contributed by atoms with van der Waals surface area (Å²) in [6.07, 6.45) is 5.74. The van der Waals surface area contributed by atoms with Crippen LogP contribution in [-0.2, 0) is 9.53 Å². The highest BCUT2D eigenvalue weighted by Crippen LogP contribution is 2.50. The number of alkyl halides is 1. The van der Waals surface area contributed by atoms with Crippen molar-refractivity contribution in [1.29, 1.82) is 5.26 Å². The van der Waals surface area contributed by atoms with E-state index in [2.05, 4.69) is 26.8 Å². The summed E-state index contributed by atoms with van der Waals surface area (Å²) in [7, 11) is 0. The maximum atomic E-state index is 14.4.